The summed E-state index contributed by atoms with van der Waals surface area (Å²) in [6, 6.07) is 13.3. The third kappa shape index (κ3) is 5.57. The van der Waals surface area contributed by atoms with Crippen molar-refractivity contribution in [2.24, 2.45) is 5.92 Å². The highest BCUT2D eigenvalue weighted by Gasteiger charge is 2.25. The number of likely N-dealkylation sites (tertiary alicyclic amines) is 1. The first-order valence-electron chi connectivity index (χ1n) is 9.66. The van der Waals surface area contributed by atoms with E-state index in [2.05, 4.69) is 10.6 Å². The molecule has 2 aromatic carbocycles. The number of carbonyl (C=O) groups excluding carboxylic acids is 2. The lowest BCUT2D eigenvalue weighted by molar-refractivity contribution is 0.0668. The van der Waals surface area contributed by atoms with Gasteiger partial charge in [0.15, 0.2) is 0 Å². The van der Waals surface area contributed by atoms with Crippen LogP contribution < -0.4 is 10.6 Å². The van der Waals surface area contributed by atoms with Gasteiger partial charge in [0.05, 0.1) is 5.56 Å². The molecule has 0 spiro atoms. The van der Waals surface area contributed by atoms with Crippen molar-refractivity contribution in [3.63, 3.8) is 0 Å². The van der Waals surface area contributed by atoms with E-state index in [0.717, 1.165) is 24.1 Å². The number of carbonyl (C=O) groups is 3. The molecule has 2 aromatic rings. The molecule has 1 aliphatic rings. The summed E-state index contributed by atoms with van der Waals surface area (Å²) in [7, 11) is 0. The number of hydrogen-bond acceptors (Lipinski definition) is 3. The molecule has 1 heterocycles. The Kier molecular flexibility index (Phi) is 6.49. The Balaban J connectivity index is 1.50. The van der Waals surface area contributed by atoms with Gasteiger partial charge in [-0.25, -0.2) is 9.59 Å². The van der Waals surface area contributed by atoms with Crippen LogP contribution in [0.4, 0.5) is 10.5 Å². The summed E-state index contributed by atoms with van der Waals surface area (Å²) in [5, 5.41) is 14.7. The van der Waals surface area contributed by atoms with E-state index in [4.69, 9.17) is 5.11 Å². The van der Waals surface area contributed by atoms with Crippen LogP contribution in [0.15, 0.2) is 48.5 Å². The smallest absolute Gasteiger partial charge is 0.335 e. The zero-order valence-corrected chi connectivity index (χ0v) is 16.4. The summed E-state index contributed by atoms with van der Waals surface area (Å²) in [6.45, 7) is 3.69. The van der Waals surface area contributed by atoms with Gasteiger partial charge in [-0.05, 0) is 62.1 Å². The van der Waals surface area contributed by atoms with Crippen molar-refractivity contribution in [3.05, 3.63) is 65.2 Å². The Morgan fingerprint density at radius 2 is 1.69 bits per heavy atom. The molecule has 0 aromatic heterocycles. The van der Waals surface area contributed by atoms with Crippen LogP contribution in [-0.2, 0) is 0 Å². The molecule has 1 unspecified atom stereocenters. The van der Waals surface area contributed by atoms with E-state index in [1.807, 2.05) is 31.2 Å². The summed E-state index contributed by atoms with van der Waals surface area (Å²) in [5.74, 6) is -0.956. The van der Waals surface area contributed by atoms with Crippen molar-refractivity contribution in [2.75, 3.05) is 25.0 Å². The molecule has 1 fully saturated rings. The van der Waals surface area contributed by atoms with Crippen molar-refractivity contribution in [1.82, 2.24) is 10.2 Å². The lowest BCUT2D eigenvalue weighted by Gasteiger charge is -2.33. The van der Waals surface area contributed by atoms with Crippen LogP contribution >= 0.6 is 0 Å². The third-order valence-corrected chi connectivity index (χ3v) is 5.05. The maximum absolute atomic E-state index is 12.7. The van der Waals surface area contributed by atoms with Gasteiger partial charge >= 0.3 is 12.0 Å². The number of aromatic carboxylic acids is 1. The number of rotatable bonds is 5. The predicted molar refractivity (Wildman–Crippen MR) is 110 cm³/mol. The topological polar surface area (TPSA) is 98.7 Å². The van der Waals surface area contributed by atoms with Crippen LogP contribution in [0.25, 0.3) is 0 Å². The van der Waals surface area contributed by atoms with Gasteiger partial charge in [-0.3, -0.25) is 4.79 Å². The molecule has 1 saturated heterocycles. The maximum Gasteiger partial charge on any atom is 0.335 e. The maximum atomic E-state index is 12.7. The van der Waals surface area contributed by atoms with E-state index in [-0.39, 0.29) is 23.4 Å². The van der Waals surface area contributed by atoms with E-state index >= 15 is 0 Å². The average molecular weight is 395 g/mol. The van der Waals surface area contributed by atoms with Gasteiger partial charge < -0.3 is 20.6 Å². The molecular formula is C22H25N3O4. The SMILES string of the molecule is Cc1ccc(NC(=O)NCC2CCCN(C(=O)c3ccc(C(=O)O)cc3)C2)cc1. The quantitative estimate of drug-likeness (QED) is 0.723. The molecule has 1 atom stereocenters. The summed E-state index contributed by atoms with van der Waals surface area (Å²) in [4.78, 5) is 37.5. The van der Waals surface area contributed by atoms with E-state index in [1.54, 1.807) is 17.0 Å². The number of nitrogens with one attached hydrogen (secondary N) is 2. The Hall–Kier alpha value is -3.35. The van der Waals surface area contributed by atoms with Crippen LogP contribution in [0, 0.1) is 12.8 Å². The monoisotopic (exact) mass is 395 g/mol. The summed E-state index contributed by atoms with van der Waals surface area (Å²) < 4.78 is 0. The second-order valence-electron chi connectivity index (χ2n) is 7.34. The molecule has 3 rings (SSSR count). The fourth-order valence-corrected chi connectivity index (χ4v) is 3.40. The van der Waals surface area contributed by atoms with Gasteiger partial charge in [0, 0.05) is 30.9 Å². The molecule has 29 heavy (non-hydrogen) atoms. The van der Waals surface area contributed by atoms with Gasteiger partial charge in [0.25, 0.3) is 5.91 Å². The van der Waals surface area contributed by atoms with E-state index in [1.165, 1.54) is 12.1 Å². The summed E-state index contributed by atoms with van der Waals surface area (Å²) in [5.41, 5.74) is 2.49. The first kappa shape index (κ1) is 20.4. The lowest BCUT2D eigenvalue weighted by Crippen LogP contribution is -2.44. The Bertz CT molecular complexity index is 878. The van der Waals surface area contributed by atoms with E-state index in [9.17, 15) is 14.4 Å². The number of nitrogens with zero attached hydrogens (tertiary/aromatic N) is 1. The molecule has 0 radical (unpaired) electrons. The highest BCUT2D eigenvalue weighted by molar-refractivity contribution is 5.96. The molecule has 3 amide bonds. The van der Waals surface area contributed by atoms with Crippen molar-refractivity contribution >= 4 is 23.6 Å². The minimum atomic E-state index is -1.02. The fraction of sp³-hybridized carbons (Fsp3) is 0.318. The number of benzene rings is 2. The molecule has 7 heteroatoms. The first-order valence-corrected chi connectivity index (χ1v) is 9.66. The average Bonchev–Trinajstić information content (AvgIpc) is 2.73. The first-order chi connectivity index (χ1) is 13.9. The fourth-order valence-electron chi connectivity index (χ4n) is 3.40. The van der Waals surface area contributed by atoms with Crippen LogP contribution in [0.1, 0.15) is 39.1 Å². The normalized spacial score (nSPS) is 16.2. The minimum Gasteiger partial charge on any atom is -0.478 e. The van der Waals surface area contributed by atoms with Gasteiger partial charge in [-0.15, -0.1) is 0 Å². The van der Waals surface area contributed by atoms with Crippen molar-refractivity contribution in [2.45, 2.75) is 19.8 Å². The molecule has 152 valence electrons. The zero-order valence-electron chi connectivity index (χ0n) is 16.4. The molecule has 0 bridgehead atoms. The highest BCUT2D eigenvalue weighted by Crippen LogP contribution is 2.19. The van der Waals surface area contributed by atoms with Crippen LogP contribution in [-0.4, -0.2) is 47.5 Å². The minimum absolute atomic E-state index is 0.115. The number of anilines is 1. The standard InChI is InChI=1S/C22H25N3O4/c1-15-4-10-19(11-5-15)24-22(29)23-13-16-3-2-12-25(14-16)20(26)17-6-8-18(9-7-17)21(27)28/h4-11,16H,2-3,12-14H2,1H3,(H,27,28)(H2,23,24,29). The van der Waals surface area contributed by atoms with E-state index < -0.39 is 5.97 Å². The lowest BCUT2D eigenvalue weighted by atomic mass is 9.97. The second-order valence-corrected chi connectivity index (χ2v) is 7.34. The molecule has 0 saturated carbocycles. The summed E-state index contributed by atoms with van der Waals surface area (Å²) >= 11 is 0. The van der Waals surface area contributed by atoms with Crippen molar-refractivity contribution in [1.29, 1.82) is 0 Å². The number of piperidine rings is 1. The van der Waals surface area contributed by atoms with Crippen molar-refractivity contribution in [3.8, 4) is 0 Å². The zero-order chi connectivity index (χ0) is 20.8. The number of carboxylic acid groups (broad SMARTS) is 1. The van der Waals surface area contributed by atoms with Gasteiger partial charge in [0.2, 0.25) is 0 Å². The number of urea groups is 1. The molecule has 3 N–H and O–H groups in total. The molecular weight excluding hydrogens is 370 g/mol. The van der Waals surface area contributed by atoms with Crippen molar-refractivity contribution < 1.29 is 19.5 Å². The third-order valence-electron chi connectivity index (χ3n) is 5.05. The number of hydrogen-bond donors (Lipinski definition) is 3. The number of aryl methyl sites for hydroxylation is 1. The highest BCUT2D eigenvalue weighted by atomic mass is 16.4. The van der Waals surface area contributed by atoms with Gasteiger partial charge in [-0.1, -0.05) is 17.7 Å². The summed E-state index contributed by atoms with van der Waals surface area (Å²) in [6.07, 6.45) is 1.80. The predicted octanol–water partition coefficient (Wildman–Crippen LogP) is 3.37. The number of carboxylic acids is 1. The van der Waals surface area contributed by atoms with Crippen LogP contribution in [0.5, 0.6) is 0 Å². The van der Waals surface area contributed by atoms with Crippen LogP contribution in [0.2, 0.25) is 0 Å². The molecule has 0 aliphatic carbocycles. The Morgan fingerprint density at radius 1 is 1.03 bits per heavy atom. The Labute approximate surface area is 169 Å². The molecule has 1 aliphatic heterocycles. The second kappa shape index (κ2) is 9.23. The van der Waals surface area contributed by atoms with E-state index in [0.29, 0.717) is 25.2 Å². The Morgan fingerprint density at radius 3 is 2.34 bits per heavy atom. The van der Waals surface area contributed by atoms with Gasteiger partial charge in [0.1, 0.15) is 0 Å². The van der Waals surface area contributed by atoms with Crippen LogP contribution in [0.3, 0.4) is 0 Å². The largest absolute Gasteiger partial charge is 0.478 e. The number of amides is 3. The molecule has 7 nitrogen and oxygen atoms in total. The van der Waals surface area contributed by atoms with Gasteiger partial charge in [-0.2, -0.15) is 0 Å².